The summed E-state index contributed by atoms with van der Waals surface area (Å²) in [4.78, 5) is 12.5. The lowest BCUT2D eigenvalue weighted by Gasteiger charge is -2.19. The van der Waals surface area contributed by atoms with Crippen LogP contribution in [0.25, 0.3) is 0 Å². The van der Waals surface area contributed by atoms with Crippen molar-refractivity contribution in [3.63, 3.8) is 0 Å². The molecule has 1 heterocycles. The number of rotatable bonds is 9. The van der Waals surface area contributed by atoms with Gasteiger partial charge in [0.05, 0.1) is 6.61 Å². The smallest absolute Gasteiger partial charge is 0.244 e. The molecule has 0 saturated carbocycles. The number of hydrogen-bond acceptors (Lipinski definition) is 2. The van der Waals surface area contributed by atoms with Gasteiger partial charge < -0.3 is 4.74 Å². The minimum Gasteiger partial charge on any atom is -0.365 e. The normalized spacial score (nSPS) is 12.0. The molecule has 9 heteroatoms. The number of nitrogens with zero attached hydrogens (tertiary/aromatic N) is 2. The van der Waals surface area contributed by atoms with E-state index in [1.165, 1.54) is 24.3 Å². The maximum absolute atomic E-state index is 13.1. The summed E-state index contributed by atoms with van der Waals surface area (Å²) in [6, 6.07) is 16.0. The van der Waals surface area contributed by atoms with Crippen LogP contribution in [0.3, 0.4) is 0 Å². The number of Topliss-reactive ketones (excluding diaryl/α,β-unsaturated/α-hetero) is 1. The highest BCUT2D eigenvalue weighted by Gasteiger charge is 2.21. The summed E-state index contributed by atoms with van der Waals surface area (Å²) >= 11 is 24.9. The topological polar surface area (TPSA) is 35.1 Å². The van der Waals surface area contributed by atoms with Crippen LogP contribution in [0, 0.1) is 5.82 Å². The maximum atomic E-state index is 13.1. The quantitative estimate of drug-likeness (QED) is 0.160. The van der Waals surface area contributed by atoms with Gasteiger partial charge in [-0.2, -0.15) is 0 Å². The summed E-state index contributed by atoms with van der Waals surface area (Å²) < 4.78 is 23.0. The number of hydrogen-bond donors (Lipinski definition) is 0. The predicted octanol–water partition coefficient (Wildman–Crippen LogP) is 7.37. The molecule has 0 amide bonds. The van der Waals surface area contributed by atoms with Gasteiger partial charge in [0.25, 0.3) is 0 Å². The molecule has 0 aliphatic heterocycles. The van der Waals surface area contributed by atoms with Crippen molar-refractivity contribution >= 4 is 52.2 Å². The fourth-order valence-corrected chi connectivity index (χ4v) is 4.55. The van der Waals surface area contributed by atoms with Crippen molar-refractivity contribution in [1.82, 2.24) is 4.57 Å². The highest BCUT2D eigenvalue weighted by molar-refractivity contribution is 6.35. The van der Waals surface area contributed by atoms with Gasteiger partial charge in [-0.15, -0.1) is 0 Å². The molecule has 0 bridgehead atoms. The molecule has 3 aromatic carbocycles. The molecule has 35 heavy (non-hydrogen) atoms. The number of ether oxygens (including phenoxy) is 1. The number of aromatic nitrogens is 2. The van der Waals surface area contributed by atoms with Crippen molar-refractivity contribution < 1.29 is 18.5 Å². The Bertz CT molecular complexity index is 1340. The van der Waals surface area contributed by atoms with Crippen molar-refractivity contribution in [2.24, 2.45) is 0 Å². The average molecular weight is 553 g/mol. The molecular weight excluding hydrogens is 533 g/mol. The standard InChI is InChI=1S/C26H20Cl4FN2O2/c27-19-4-1-18(23(29)11-19)15-35-26(22-8-5-20(28)12-24(22)30)14-33-10-9-32(16-33)13-25(34)17-2-6-21(31)7-3-17/h1-12,16,26H,13-15H2/q+1/t26-/m1/s1. The molecule has 4 aromatic rings. The van der Waals surface area contributed by atoms with Crippen molar-refractivity contribution in [3.8, 4) is 0 Å². The lowest BCUT2D eigenvalue weighted by molar-refractivity contribution is -0.682. The van der Waals surface area contributed by atoms with Crippen molar-refractivity contribution in [2.75, 3.05) is 0 Å². The van der Waals surface area contributed by atoms with Crippen LogP contribution in [0.1, 0.15) is 27.6 Å². The minimum absolute atomic E-state index is 0.117. The van der Waals surface area contributed by atoms with Crippen LogP contribution >= 0.6 is 46.4 Å². The first-order chi connectivity index (χ1) is 16.8. The molecule has 0 aliphatic carbocycles. The lowest BCUT2D eigenvalue weighted by atomic mass is 10.1. The molecule has 0 aliphatic rings. The average Bonchev–Trinajstić information content (AvgIpc) is 3.25. The third-order valence-corrected chi connectivity index (χ3v) is 6.53. The van der Waals surface area contributed by atoms with Crippen LogP contribution in [-0.2, 0) is 24.4 Å². The van der Waals surface area contributed by atoms with E-state index in [1.807, 2.05) is 22.9 Å². The van der Waals surface area contributed by atoms with E-state index in [-0.39, 0.29) is 24.8 Å². The van der Waals surface area contributed by atoms with Crippen LogP contribution in [0.2, 0.25) is 20.1 Å². The third-order valence-electron chi connectivity index (χ3n) is 5.38. The molecule has 0 N–H and O–H groups in total. The number of carbonyl (C=O) groups is 1. The van der Waals surface area contributed by atoms with Crippen molar-refractivity contribution in [2.45, 2.75) is 25.8 Å². The number of halogens is 5. The van der Waals surface area contributed by atoms with E-state index < -0.39 is 6.10 Å². The zero-order chi connectivity index (χ0) is 24.9. The zero-order valence-electron chi connectivity index (χ0n) is 18.3. The second-order valence-corrected chi connectivity index (χ2v) is 9.60. The molecule has 1 aromatic heterocycles. The Morgan fingerprint density at radius 2 is 1.63 bits per heavy atom. The second kappa shape index (κ2) is 11.5. The maximum Gasteiger partial charge on any atom is 0.244 e. The Labute approximate surface area is 222 Å². The SMILES string of the molecule is O=C(C[n+]1ccn(C[C@@H](OCc2ccc(Cl)cc2Cl)c2ccc(Cl)cc2Cl)c1)c1ccc(F)cc1. The Kier molecular flexibility index (Phi) is 8.47. The highest BCUT2D eigenvalue weighted by Crippen LogP contribution is 2.31. The van der Waals surface area contributed by atoms with Gasteiger partial charge in [-0.3, -0.25) is 4.79 Å². The second-order valence-electron chi connectivity index (χ2n) is 7.91. The van der Waals surface area contributed by atoms with Crippen LogP contribution in [0.15, 0.2) is 79.4 Å². The zero-order valence-corrected chi connectivity index (χ0v) is 21.3. The first-order valence-corrected chi connectivity index (χ1v) is 12.1. The highest BCUT2D eigenvalue weighted by atomic mass is 35.5. The fraction of sp³-hybridized carbons (Fsp3) is 0.154. The third kappa shape index (κ3) is 6.84. The predicted molar refractivity (Wildman–Crippen MR) is 136 cm³/mol. The molecular formula is C26H20Cl4FN2O2+. The van der Waals surface area contributed by atoms with Gasteiger partial charge in [-0.1, -0.05) is 58.5 Å². The number of carbonyl (C=O) groups excluding carboxylic acids is 1. The summed E-state index contributed by atoms with van der Waals surface area (Å²) in [5, 5.41) is 2.06. The van der Waals surface area contributed by atoms with Crippen LogP contribution in [0.5, 0.6) is 0 Å². The van der Waals surface area contributed by atoms with E-state index >= 15 is 0 Å². The monoisotopic (exact) mass is 551 g/mol. The lowest BCUT2D eigenvalue weighted by Crippen LogP contribution is -2.36. The Balaban J connectivity index is 1.51. The molecule has 4 rings (SSSR count). The molecule has 0 fully saturated rings. The van der Waals surface area contributed by atoms with Crippen LogP contribution in [0.4, 0.5) is 4.39 Å². The Hall–Kier alpha value is -2.41. The molecule has 180 valence electrons. The number of benzene rings is 3. The Morgan fingerprint density at radius 1 is 0.943 bits per heavy atom. The van der Waals surface area contributed by atoms with E-state index in [1.54, 1.807) is 41.4 Å². The Morgan fingerprint density at radius 3 is 2.31 bits per heavy atom. The van der Waals surface area contributed by atoms with Crippen molar-refractivity contribution in [1.29, 1.82) is 0 Å². The number of ketones is 1. The first kappa shape index (κ1) is 25.7. The fourth-order valence-electron chi connectivity index (χ4n) is 3.56. The van der Waals surface area contributed by atoms with E-state index in [9.17, 15) is 9.18 Å². The molecule has 0 spiro atoms. The van der Waals surface area contributed by atoms with E-state index in [2.05, 4.69) is 0 Å². The van der Waals surface area contributed by atoms with E-state index in [0.717, 1.165) is 11.1 Å². The van der Waals surface area contributed by atoms with Gasteiger partial charge in [0.2, 0.25) is 12.1 Å². The molecule has 0 radical (unpaired) electrons. The van der Waals surface area contributed by atoms with Crippen LogP contribution < -0.4 is 4.57 Å². The first-order valence-electron chi connectivity index (χ1n) is 10.6. The summed E-state index contributed by atoms with van der Waals surface area (Å²) in [5.41, 5.74) is 2.00. The molecule has 0 unspecified atom stereocenters. The van der Waals surface area contributed by atoms with Crippen molar-refractivity contribution in [3.05, 3.63) is 122 Å². The summed E-state index contributed by atoms with van der Waals surface area (Å²) in [5.74, 6) is -0.508. The van der Waals surface area contributed by atoms with Gasteiger partial charge in [0, 0.05) is 31.2 Å². The molecule has 4 nitrogen and oxygen atoms in total. The van der Waals surface area contributed by atoms with E-state index in [4.69, 9.17) is 51.1 Å². The molecule has 0 saturated heterocycles. The van der Waals surface area contributed by atoms with Gasteiger partial charge in [-0.25, -0.2) is 13.5 Å². The van der Waals surface area contributed by atoms with Gasteiger partial charge in [0.15, 0.2) is 6.54 Å². The summed E-state index contributed by atoms with van der Waals surface area (Å²) in [6.45, 7) is 0.778. The van der Waals surface area contributed by atoms with Gasteiger partial charge >= 0.3 is 0 Å². The summed E-state index contributed by atoms with van der Waals surface area (Å²) in [7, 11) is 0. The van der Waals surface area contributed by atoms with Gasteiger partial charge in [-0.05, 0) is 54.1 Å². The number of imidazole rings is 1. The summed E-state index contributed by atoms with van der Waals surface area (Å²) in [6.07, 6.45) is 5.00. The largest absolute Gasteiger partial charge is 0.365 e. The van der Waals surface area contributed by atoms with E-state index in [0.29, 0.717) is 32.2 Å². The minimum atomic E-state index is -0.430. The van der Waals surface area contributed by atoms with Gasteiger partial charge in [0.1, 0.15) is 30.9 Å². The van der Waals surface area contributed by atoms with Crippen LogP contribution in [-0.4, -0.2) is 10.4 Å². The molecule has 1 atom stereocenters.